The summed E-state index contributed by atoms with van der Waals surface area (Å²) < 4.78 is 10.2. The van der Waals surface area contributed by atoms with E-state index in [9.17, 15) is 4.79 Å². The van der Waals surface area contributed by atoms with Gasteiger partial charge in [0.15, 0.2) is 0 Å². The van der Waals surface area contributed by atoms with Crippen molar-refractivity contribution in [2.24, 2.45) is 0 Å². The molecule has 0 radical (unpaired) electrons. The second-order valence-electron chi connectivity index (χ2n) is 7.84. The van der Waals surface area contributed by atoms with Crippen LogP contribution in [0.2, 0.25) is 0 Å². The number of aromatic nitrogens is 2. The maximum Gasteiger partial charge on any atom is 0.307 e. The molecule has 2 aromatic heterocycles. The molecular weight excluding hydrogens is 406 g/mol. The molecule has 3 N–H and O–H groups in total. The molecule has 3 rings (SSSR count). The first-order chi connectivity index (χ1) is 15.7. The molecule has 8 nitrogen and oxygen atoms in total. The lowest BCUT2D eigenvalue weighted by Gasteiger charge is -2.19. The van der Waals surface area contributed by atoms with Crippen molar-refractivity contribution in [3.63, 3.8) is 0 Å². The number of nitrogens with one attached hydrogen (secondary N) is 3. The van der Waals surface area contributed by atoms with Gasteiger partial charge < -0.3 is 25.4 Å². The number of anilines is 1. The van der Waals surface area contributed by atoms with Gasteiger partial charge in [-0.25, -0.2) is 9.97 Å². The van der Waals surface area contributed by atoms with E-state index in [1.165, 1.54) is 12.0 Å². The average molecular weight is 442 g/mol. The van der Waals surface area contributed by atoms with Crippen molar-refractivity contribution in [1.82, 2.24) is 20.6 Å². The first-order valence-corrected chi connectivity index (χ1v) is 11.5. The molecule has 8 heteroatoms. The smallest absolute Gasteiger partial charge is 0.307 e. The quantitative estimate of drug-likeness (QED) is 0.322. The highest BCUT2D eigenvalue weighted by Gasteiger charge is 2.17. The van der Waals surface area contributed by atoms with Crippen molar-refractivity contribution in [2.75, 3.05) is 45.2 Å². The Hall–Kier alpha value is -2.71. The number of carbonyl (C=O) groups excluding carboxylic acids is 1. The summed E-state index contributed by atoms with van der Waals surface area (Å²) in [6.45, 7) is 5.67. The fraction of sp³-hybridized carbons (Fsp3) is 0.542. The normalized spacial score (nSPS) is 13.7. The molecule has 174 valence electrons. The summed E-state index contributed by atoms with van der Waals surface area (Å²) in [7, 11) is 1.58. The first kappa shape index (κ1) is 23.9. The lowest BCUT2D eigenvalue weighted by molar-refractivity contribution is -0.143. The minimum atomic E-state index is -0.221. The number of rotatable bonds is 13. The van der Waals surface area contributed by atoms with Crippen LogP contribution in [0.25, 0.3) is 0 Å². The maximum absolute atomic E-state index is 12.0. The summed E-state index contributed by atoms with van der Waals surface area (Å²) in [4.78, 5) is 21.0. The van der Waals surface area contributed by atoms with Crippen LogP contribution in [0.4, 0.5) is 5.82 Å². The fourth-order valence-electron chi connectivity index (χ4n) is 3.78. The molecule has 2 aromatic rings. The number of ether oxygens (including phenoxy) is 2. The number of hydrogen-bond donors (Lipinski definition) is 3. The van der Waals surface area contributed by atoms with Gasteiger partial charge in [-0.1, -0.05) is 12.1 Å². The average Bonchev–Trinajstić information content (AvgIpc) is 2.83. The molecular formula is C24H35N5O3. The molecule has 0 spiro atoms. The van der Waals surface area contributed by atoms with Crippen molar-refractivity contribution >= 4 is 11.8 Å². The zero-order chi connectivity index (χ0) is 22.6. The van der Waals surface area contributed by atoms with Crippen LogP contribution in [-0.4, -0.2) is 55.8 Å². The number of nitrogens with zero attached hydrogens (tertiary/aromatic N) is 2. The minimum absolute atomic E-state index is 0.151. The lowest BCUT2D eigenvalue weighted by atomic mass is 10.1. The van der Waals surface area contributed by atoms with Crippen LogP contribution < -0.4 is 20.7 Å². The molecule has 3 heterocycles. The molecule has 1 unspecified atom stereocenters. The van der Waals surface area contributed by atoms with E-state index in [2.05, 4.69) is 33.1 Å². The second kappa shape index (κ2) is 13.0. The molecule has 1 aliphatic rings. The van der Waals surface area contributed by atoms with Gasteiger partial charge in [-0.2, -0.15) is 0 Å². The summed E-state index contributed by atoms with van der Waals surface area (Å²) >= 11 is 0. The Morgan fingerprint density at radius 2 is 2.12 bits per heavy atom. The Morgan fingerprint density at radius 3 is 2.91 bits per heavy atom. The van der Waals surface area contributed by atoms with E-state index in [0.717, 1.165) is 62.5 Å². The predicted molar refractivity (Wildman–Crippen MR) is 125 cm³/mol. The number of fused-ring (bicyclic) bond motifs is 1. The maximum atomic E-state index is 12.0. The van der Waals surface area contributed by atoms with E-state index < -0.39 is 0 Å². The van der Waals surface area contributed by atoms with Gasteiger partial charge in [-0.3, -0.25) is 4.79 Å². The van der Waals surface area contributed by atoms with Crippen LogP contribution in [-0.2, 0) is 22.4 Å². The van der Waals surface area contributed by atoms with Crippen LogP contribution in [0, 0.1) is 0 Å². The number of carbonyl (C=O) groups is 1. The van der Waals surface area contributed by atoms with E-state index >= 15 is 0 Å². The largest absolute Gasteiger partial charge is 0.481 e. The second-order valence-corrected chi connectivity index (χ2v) is 7.84. The molecule has 0 aliphatic carbocycles. The molecule has 1 aliphatic heterocycles. The molecule has 0 bridgehead atoms. The number of hydrogen-bond acceptors (Lipinski definition) is 8. The highest BCUT2D eigenvalue weighted by atomic mass is 16.5. The molecule has 32 heavy (non-hydrogen) atoms. The molecule has 1 atom stereocenters. The molecule has 0 amide bonds. The molecule has 0 saturated carbocycles. The monoisotopic (exact) mass is 441 g/mol. The molecule has 0 aromatic carbocycles. The van der Waals surface area contributed by atoms with Crippen LogP contribution in [0.3, 0.4) is 0 Å². The highest BCUT2D eigenvalue weighted by Crippen LogP contribution is 2.20. The predicted octanol–water partition coefficient (Wildman–Crippen LogP) is 2.65. The van der Waals surface area contributed by atoms with Gasteiger partial charge in [0, 0.05) is 43.6 Å². The topological polar surface area (TPSA) is 97.4 Å². The number of esters is 1. The number of pyridine rings is 2. The third-order valence-corrected chi connectivity index (χ3v) is 5.48. The van der Waals surface area contributed by atoms with Gasteiger partial charge in [0.05, 0.1) is 20.1 Å². The van der Waals surface area contributed by atoms with Crippen molar-refractivity contribution in [3.8, 4) is 5.88 Å². The molecule has 0 saturated heterocycles. The van der Waals surface area contributed by atoms with Crippen LogP contribution in [0.1, 0.15) is 49.0 Å². The van der Waals surface area contributed by atoms with E-state index in [1.54, 1.807) is 19.4 Å². The Balaban J connectivity index is 1.38. The highest BCUT2D eigenvalue weighted by molar-refractivity contribution is 5.70. The number of methoxy groups -OCH3 is 1. The van der Waals surface area contributed by atoms with Gasteiger partial charge in [0.1, 0.15) is 5.82 Å². The summed E-state index contributed by atoms with van der Waals surface area (Å²) in [6, 6.07) is 7.94. The van der Waals surface area contributed by atoms with E-state index in [4.69, 9.17) is 14.5 Å². The van der Waals surface area contributed by atoms with Crippen molar-refractivity contribution < 1.29 is 14.3 Å². The van der Waals surface area contributed by atoms with Crippen molar-refractivity contribution in [2.45, 2.75) is 45.1 Å². The van der Waals surface area contributed by atoms with Gasteiger partial charge in [0.25, 0.3) is 0 Å². The van der Waals surface area contributed by atoms with Crippen molar-refractivity contribution in [1.29, 1.82) is 0 Å². The third kappa shape index (κ3) is 7.46. The number of aryl methyl sites for hydroxylation is 2. The standard InChI is InChI=1S/C24H35N5O3/c1-3-32-23(30)16-21(19-9-11-22(31-2)28-17-19)26-15-14-25-12-5-7-20-10-8-18-6-4-13-27-24(18)29-20/h8-11,17,21,25-26H,3-7,12-16H2,1-2H3,(H,27,29). The van der Waals surface area contributed by atoms with Crippen LogP contribution in [0.5, 0.6) is 5.88 Å². The summed E-state index contributed by atoms with van der Waals surface area (Å²) in [5.74, 6) is 1.39. The first-order valence-electron chi connectivity index (χ1n) is 11.5. The Morgan fingerprint density at radius 1 is 1.22 bits per heavy atom. The zero-order valence-electron chi connectivity index (χ0n) is 19.2. The minimum Gasteiger partial charge on any atom is -0.481 e. The zero-order valence-corrected chi connectivity index (χ0v) is 19.2. The van der Waals surface area contributed by atoms with Crippen molar-refractivity contribution in [3.05, 3.63) is 47.3 Å². The Bertz CT molecular complexity index is 844. The van der Waals surface area contributed by atoms with Crippen LogP contribution in [0.15, 0.2) is 30.5 Å². The molecule has 0 fully saturated rings. The van der Waals surface area contributed by atoms with Gasteiger partial charge in [0.2, 0.25) is 5.88 Å². The van der Waals surface area contributed by atoms with Gasteiger partial charge >= 0.3 is 5.97 Å². The van der Waals surface area contributed by atoms with Gasteiger partial charge in [-0.15, -0.1) is 0 Å². The summed E-state index contributed by atoms with van der Waals surface area (Å²) in [5, 5.41) is 10.3. The Kier molecular flexibility index (Phi) is 9.71. The SMILES string of the molecule is CCOC(=O)CC(NCCNCCCc1ccc2c(n1)NCCC2)c1ccc(OC)nc1. The van der Waals surface area contributed by atoms with E-state index in [0.29, 0.717) is 12.5 Å². The summed E-state index contributed by atoms with van der Waals surface area (Å²) in [5.41, 5.74) is 3.40. The lowest BCUT2D eigenvalue weighted by Crippen LogP contribution is -2.32. The third-order valence-electron chi connectivity index (χ3n) is 5.48. The summed E-state index contributed by atoms with van der Waals surface area (Å²) in [6.07, 6.45) is 6.29. The van der Waals surface area contributed by atoms with Crippen LogP contribution >= 0.6 is 0 Å². The van der Waals surface area contributed by atoms with E-state index in [-0.39, 0.29) is 18.4 Å². The fourth-order valence-corrected chi connectivity index (χ4v) is 3.78. The van der Waals surface area contributed by atoms with E-state index in [1.807, 2.05) is 13.0 Å². The van der Waals surface area contributed by atoms with Gasteiger partial charge in [-0.05, 0) is 56.3 Å². The Labute approximate surface area is 190 Å².